The minimum absolute atomic E-state index is 0.0165. The number of carboxylic acids is 1. The van der Waals surface area contributed by atoms with Gasteiger partial charge in [0.1, 0.15) is 6.04 Å². The molecule has 1 aromatic carbocycles. The van der Waals surface area contributed by atoms with Crippen LogP contribution >= 0.6 is 11.6 Å². The standard InChI is InChI=1S/C29H28ClF3N10O5/c1-40-21(18-14-43(39-24(18)29(31,32)33)22-5-2-15(34)12-36-22)13-37-25(40)26(45)38-16-3-4-17(19(30)10-16)27(46)42-8-6-41(7-9-42)23(44)11-20(35)28(47)48/h2-5,10,12-14,20H,6-9,11,34-35H2,1H3,(H,38,45)(H,47,48). The number of carbonyl (C=O) groups is 4. The Labute approximate surface area is 274 Å². The smallest absolute Gasteiger partial charge is 0.435 e. The van der Waals surface area contributed by atoms with E-state index in [9.17, 15) is 32.3 Å². The minimum Gasteiger partial charge on any atom is -0.480 e. The maximum atomic E-state index is 14.0. The van der Waals surface area contributed by atoms with Crippen LogP contribution in [0.1, 0.15) is 33.1 Å². The zero-order chi connectivity index (χ0) is 34.9. The first kappa shape index (κ1) is 33.9. The summed E-state index contributed by atoms with van der Waals surface area (Å²) < 4.78 is 44.0. The van der Waals surface area contributed by atoms with Crippen molar-refractivity contribution in [2.75, 3.05) is 37.2 Å². The molecule has 1 unspecified atom stereocenters. The molecule has 0 saturated carbocycles. The Hall–Kier alpha value is -5.49. The molecule has 0 bridgehead atoms. The van der Waals surface area contributed by atoms with Gasteiger partial charge in [0.25, 0.3) is 11.8 Å². The van der Waals surface area contributed by atoms with Crippen LogP contribution in [0.3, 0.4) is 0 Å². The minimum atomic E-state index is -4.84. The molecule has 252 valence electrons. The van der Waals surface area contributed by atoms with Gasteiger partial charge in [0.15, 0.2) is 17.3 Å². The molecular formula is C29H28ClF3N10O5. The molecule has 0 spiro atoms. The lowest BCUT2D eigenvalue weighted by Gasteiger charge is -2.35. The average Bonchev–Trinajstić information content (AvgIpc) is 3.65. The van der Waals surface area contributed by atoms with E-state index in [1.807, 2.05) is 0 Å². The summed E-state index contributed by atoms with van der Waals surface area (Å²) in [7, 11) is 1.37. The number of aromatic nitrogens is 5. The van der Waals surface area contributed by atoms with Crippen LogP contribution in [0.4, 0.5) is 24.5 Å². The molecule has 1 fully saturated rings. The van der Waals surface area contributed by atoms with Crippen molar-refractivity contribution in [3.05, 3.63) is 71.0 Å². The van der Waals surface area contributed by atoms with Gasteiger partial charge in [-0.1, -0.05) is 11.6 Å². The topological polar surface area (TPSA) is 208 Å². The number of nitrogens with zero attached hydrogens (tertiary/aromatic N) is 7. The summed E-state index contributed by atoms with van der Waals surface area (Å²) in [6.07, 6.45) is -1.67. The van der Waals surface area contributed by atoms with Crippen molar-refractivity contribution in [1.82, 2.24) is 34.1 Å². The summed E-state index contributed by atoms with van der Waals surface area (Å²) in [5.74, 6) is -3.02. The van der Waals surface area contributed by atoms with Gasteiger partial charge in [-0.25, -0.2) is 14.6 Å². The number of pyridine rings is 1. The highest BCUT2D eigenvalue weighted by Gasteiger charge is 2.39. The molecule has 4 heterocycles. The van der Waals surface area contributed by atoms with Gasteiger partial charge in [0.2, 0.25) is 5.91 Å². The van der Waals surface area contributed by atoms with Crippen molar-refractivity contribution in [2.45, 2.75) is 18.6 Å². The first-order valence-electron chi connectivity index (χ1n) is 14.2. The zero-order valence-electron chi connectivity index (χ0n) is 25.1. The number of nitrogens with one attached hydrogen (secondary N) is 1. The van der Waals surface area contributed by atoms with E-state index in [0.717, 1.165) is 17.1 Å². The van der Waals surface area contributed by atoms with Crippen molar-refractivity contribution in [2.24, 2.45) is 12.8 Å². The number of aliphatic carboxylic acids is 1. The van der Waals surface area contributed by atoms with Crippen molar-refractivity contribution >= 4 is 46.7 Å². The summed E-state index contributed by atoms with van der Waals surface area (Å²) in [5, 5.41) is 15.2. The van der Waals surface area contributed by atoms with E-state index in [0.29, 0.717) is 5.69 Å². The van der Waals surface area contributed by atoms with Gasteiger partial charge >= 0.3 is 12.1 Å². The predicted octanol–water partition coefficient (Wildman–Crippen LogP) is 2.26. The van der Waals surface area contributed by atoms with E-state index in [-0.39, 0.29) is 71.8 Å². The van der Waals surface area contributed by atoms with Gasteiger partial charge in [-0.15, -0.1) is 0 Å². The maximum absolute atomic E-state index is 14.0. The molecular weight excluding hydrogens is 661 g/mol. The summed E-state index contributed by atoms with van der Waals surface area (Å²) >= 11 is 6.39. The Morgan fingerprint density at radius 2 is 1.73 bits per heavy atom. The highest BCUT2D eigenvalue weighted by molar-refractivity contribution is 6.34. The molecule has 0 aliphatic carbocycles. The first-order valence-corrected chi connectivity index (χ1v) is 14.6. The molecule has 1 aliphatic rings. The predicted molar refractivity (Wildman–Crippen MR) is 165 cm³/mol. The third-order valence-electron chi connectivity index (χ3n) is 7.54. The van der Waals surface area contributed by atoms with Gasteiger partial charge in [-0.2, -0.15) is 18.3 Å². The van der Waals surface area contributed by atoms with E-state index < -0.39 is 41.6 Å². The number of halogens is 4. The molecule has 15 nitrogen and oxygen atoms in total. The van der Waals surface area contributed by atoms with Crippen LogP contribution in [0.25, 0.3) is 17.1 Å². The van der Waals surface area contributed by atoms with E-state index in [1.54, 1.807) is 0 Å². The third kappa shape index (κ3) is 7.08. The van der Waals surface area contributed by atoms with Crippen LogP contribution in [-0.4, -0.2) is 95.1 Å². The molecule has 3 amide bonds. The molecule has 1 aliphatic heterocycles. The van der Waals surface area contributed by atoms with E-state index in [4.69, 9.17) is 28.2 Å². The van der Waals surface area contributed by atoms with Crippen LogP contribution in [0.2, 0.25) is 5.02 Å². The van der Waals surface area contributed by atoms with Crippen LogP contribution in [-0.2, 0) is 22.8 Å². The van der Waals surface area contributed by atoms with E-state index in [1.165, 1.54) is 57.9 Å². The molecule has 4 aromatic rings. The number of rotatable bonds is 8. The lowest BCUT2D eigenvalue weighted by atomic mass is 10.1. The second kappa shape index (κ2) is 13.3. The summed E-state index contributed by atoms with van der Waals surface area (Å²) in [4.78, 5) is 60.5. The number of alkyl halides is 3. The molecule has 1 atom stereocenters. The second-order valence-electron chi connectivity index (χ2n) is 10.8. The fourth-order valence-corrected chi connectivity index (χ4v) is 5.24. The molecule has 3 aromatic heterocycles. The number of hydrogen-bond acceptors (Lipinski definition) is 9. The molecule has 48 heavy (non-hydrogen) atoms. The van der Waals surface area contributed by atoms with Crippen molar-refractivity contribution in [3.8, 4) is 17.1 Å². The molecule has 1 saturated heterocycles. The number of anilines is 2. The lowest BCUT2D eigenvalue weighted by molar-refractivity contribution is -0.143. The summed E-state index contributed by atoms with van der Waals surface area (Å²) in [6, 6.07) is 5.73. The van der Waals surface area contributed by atoms with E-state index in [2.05, 4.69) is 20.4 Å². The first-order chi connectivity index (χ1) is 22.6. The number of hydrogen-bond donors (Lipinski definition) is 4. The largest absolute Gasteiger partial charge is 0.480 e. The van der Waals surface area contributed by atoms with Crippen LogP contribution in [0.15, 0.2) is 48.9 Å². The number of carbonyl (C=O) groups excluding carboxylic acids is 3. The fraction of sp³-hybridized carbons (Fsp3) is 0.276. The Morgan fingerprint density at radius 1 is 1.04 bits per heavy atom. The Morgan fingerprint density at radius 3 is 2.33 bits per heavy atom. The zero-order valence-corrected chi connectivity index (χ0v) is 25.9. The highest BCUT2D eigenvalue weighted by Crippen LogP contribution is 2.37. The average molecular weight is 689 g/mol. The molecule has 19 heteroatoms. The van der Waals surface area contributed by atoms with Crippen molar-refractivity contribution in [1.29, 1.82) is 0 Å². The summed E-state index contributed by atoms with van der Waals surface area (Å²) in [6.45, 7) is 0.707. The van der Waals surface area contributed by atoms with Gasteiger partial charge < -0.3 is 36.3 Å². The third-order valence-corrected chi connectivity index (χ3v) is 7.86. The normalized spacial score (nSPS) is 14.1. The second-order valence-corrected chi connectivity index (χ2v) is 11.2. The number of nitrogen functional groups attached to an aromatic ring is 1. The number of benzene rings is 1. The van der Waals surface area contributed by atoms with Gasteiger partial charge in [0, 0.05) is 45.1 Å². The maximum Gasteiger partial charge on any atom is 0.435 e. The lowest BCUT2D eigenvalue weighted by Crippen LogP contribution is -2.51. The van der Waals surface area contributed by atoms with E-state index >= 15 is 0 Å². The number of nitrogens with two attached hydrogens (primary N) is 2. The quantitative estimate of drug-likeness (QED) is 0.212. The highest BCUT2D eigenvalue weighted by atomic mass is 35.5. The number of piperazine rings is 1. The van der Waals surface area contributed by atoms with Crippen LogP contribution in [0, 0.1) is 0 Å². The molecule has 0 radical (unpaired) electrons. The van der Waals surface area contributed by atoms with Crippen molar-refractivity contribution < 1.29 is 37.5 Å². The fourth-order valence-electron chi connectivity index (χ4n) is 4.98. The number of amides is 3. The Kier molecular flexibility index (Phi) is 9.40. The van der Waals surface area contributed by atoms with Crippen molar-refractivity contribution in [3.63, 3.8) is 0 Å². The number of imidazole rings is 1. The number of carboxylic acid groups (broad SMARTS) is 1. The Bertz CT molecular complexity index is 1880. The summed E-state index contributed by atoms with van der Waals surface area (Å²) in [5.41, 5.74) is 10.1. The monoisotopic (exact) mass is 688 g/mol. The SMILES string of the molecule is Cn1c(-c2cn(-c3ccc(N)cn3)nc2C(F)(F)F)cnc1C(=O)Nc1ccc(C(=O)N2CCN(C(=O)CC(N)C(=O)O)CC2)c(Cl)c1. The molecule has 6 N–H and O–H groups in total. The van der Waals surface area contributed by atoms with Gasteiger partial charge in [0.05, 0.1) is 46.3 Å². The van der Waals surface area contributed by atoms with Crippen LogP contribution in [0.5, 0.6) is 0 Å². The van der Waals surface area contributed by atoms with Gasteiger partial charge in [-0.05, 0) is 30.3 Å². The van der Waals surface area contributed by atoms with Crippen LogP contribution < -0.4 is 16.8 Å². The Balaban J connectivity index is 1.27. The molecule has 5 rings (SSSR count). The van der Waals surface area contributed by atoms with Gasteiger partial charge in [-0.3, -0.25) is 19.2 Å².